The van der Waals surface area contributed by atoms with Crippen LogP contribution in [-0.2, 0) is 13.0 Å². The molecule has 0 fully saturated rings. The zero-order valence-electron chi connectivity index (χ0n) is 19.9. The fraction of sp³-hybridized carbons (Fsp3) is 0.286. The smallest absolute Gasteiger partial charge is 0.253 e. The third-order valence-electron chi connectivity index (χ3n) is 6.63. The van der Waals surface area contributed by atoms with Crippen molar-refractivity contribution in [2.45, 2.75) is 32.9 Å². The van der Waals surface area contributed by atoms with Crippen molar-refractivity contribution < 1.29 is 9.90 Å². The quantitative estimate of drug-likeness (QED) is 0.420. The molecule has 2 aromatic carbocycles. The Bertz CT molecular complexity index is 1360. The number of amides is 1. The van der Waals surface area contributed by atoms with Crippen molar-refractivity contribution in [3.05, 3.63) is 77.1 Å². The molecule has 0 radical (unpaired) electrons. The lowest BCUT2D eigenvalue weighted by molar-refractivity contribution is 0.0703. The summed E-state index contributed by atoms with van der Waals surface area (Å²) >= 11 is 0. The number of hydrogen-bond donors (Lipinski definition) is 3. The second-order valence-corrected chi connectivity index (χ2v) is 9.29. The summed E-state index contributed by atoms with van der Waals surface area (Å²) in [5.74, 6) is -0.103. The van der Waals surface area contributed by atoms with Gasteiger partial charge in [0.15, 0.2) is 0 Å². The maximum absolute atomic E-state index is 12.6. The van der Waals surface area contributed by atoms with Crippen LogP contribution < -0.4 is 5.32 Å². The van der Waals surface area contributed by atoms with Gasteiger partial charge in [-0.25, -0.2) is 4.98 Å². The highest BCUT2D eigenvalue weighted by molar-refractivity contribution is 5.98. The molecule has 1 aliphatic heterocycles. The van der Waals surface area contributed by atoms with Crippen molar-refractivity contribution in [3.8, 4) is 22.3 Å². The Hall–Kier alpha value is -3.48. The number of rotatable bonds is 5. The van der Waals surface area contributed by atoms with E-state index in [1.807, 2.05) is 36.7 Å². The summed E-state index contributed by atoms with van der Waals surface area (Å²) in [7, 11) is 1.70. The largest absolute Gasteiger partial charge is 0.392 e. The van der Waals surface area contributed by atoms with Gasteiger partial charge in [0.1, 0.15) is 5.65 Å². The minimum Gasteiger partial charge on any atom is -0.392 e. The summed E-state index contributed by atoms with van der Waals surface area (Å²) in [5.41, 5.74) is 9.97. The number of likely N-dealkylation sites (N-methyl/N-ethyl adjacent to an activating group) is 1. The highest BCUT2D eigenvalue weighted by atomic mass is 16.3. The molecular formula is C28H30N4O2. The van der Waals surface area contributed by atoms with Gasteiger partial charge in [0.2, 0.25) is 0 Å². The molecule has 2 aromatic heterocycles. The molecule has 1 aliphatic rings. The first-order chi connectivity index (χ1) is 16.4. The van der Waals surface area contributed by atoms with Crippen molar-refractivity contribution in [2.75, 3.05) is 20.1 Å². The first kappa shape index (κ1) is 22.3. The predicted octanol–water partition coefficient (Wildman–Crippen LogP) is 4.30. The molecule has 0 unspecified atom stereocenters. The van der Waals surface area contributed by atoms with E-state index in [9.17, 15) is 9.90 Å². The molecule has 1 amide bonds. The van der Waals surface area contributed by atoms with Crippen LogP contribution in [0.3, 0.4) is 0 Å². The number of H-pyrrole nitrogens is 1. The van der Waals surface area contributed by atoms with Crippen molar-refractivity contribution in [3.63, 3.8) is 0 Å². The van der Waals surface area contributed by atoms with Crippen LogP contribution in [0, 0.1) is 6.92 Å². The van der Waals surface area contributed by atoms with Crippen molar-refractivity contribution in [1.82, 2.24) is 20.2 Å². The second-order valence-electron chi connectivity index (χ2n) is 9.29. The summed E-state index contributed by atoms with van der Waals surface area (Å²) in [4.78, 5) is 22.1. The molecule has 3 N–H and O–H groups in total. The Kier molecular flexibility index (Phi) is 5.94. The third kappa shape index (κ3) is 4.22. The number of aromatic nitrogens is 2. The van der Waals surface area contributed by atoms with E-state index in [1.165, 1.54) is 27.2 Å². The number of nitrogens with one attached hydrogen (secondary N) is 2. The number of aliphatic hydroxyl groups is 1. The molecule has 6 heteroatoms. The average Bonchev–Trinajstić information content (AvgIpc) is 3.26. The number of benzene rings is 2. The van der Waals surface area contributed by atoms with Gasteiger partial charge in [-0.2, -0.15) is 0 Å². The fourth-order valence-corrected chi connectivity index (χ4v) is 4.86. The van der Waals surface area contributed by atoms with Crippen LogP contribution >= 0.6 is 0 Å². The summed E-state index contributed by atoms with van der Waals surface area (Å²) in [5, 5.41) is 14.1. The van der Waals surface area contributed by atoms with Gasteiger partial charge in [0, 0.05) is 54.6 Å². The number of aryl methyl sites for hydroxylation is 1. The minimum absolute atomic E-state index is 0.103. The van der Waals surface area contributed by atoms with Crippen LogP contribution in [0.1, 0.15) is 34.0 Å². The van der Waals surface area contributed by atoms with Gasteiger partial charge in [-0.3, -0.25) is 4.79 Å². The van der Waals surface area contributed by atoms with Crippen LogP contribution in [0.5, 0.6) is 0 Å². The van der Waals surface area contributed by atoms with E-state index in [0.29, 0.717) is 12.1 Å². The molecule has 3 heterocycles. The number of aromatic amines is 1. The highest BCUT2D eigenvalue weighted by Gasteiger charge is 2.16. The monoisotopic (exact) mass is 454 g/mol. The predicted molar refractivity (Wildman–Crippen MR) is 136 cm³/mol. The average molecular weight is 455 g/mol. The highest BCUT2D eigenvalue weighted by Crippen LogP contribution is 2.33. The number of pyridine rings is 1. The van der Waals surface area contributed by atoms with Crippen LogP contribution in [0.25, 0.3) is 33.3 Å². The Morgan fingerprint density at radius 1 is 1.15 bits per heavy atom. The summed E-state index contributed by atoms with van der Waals surface area (Å²) in [6.45, 7) is 6.12. The van der Waals surface area contributed by atoms with E-state index in [4.69, 9.17) is 0 Å². The lowest BCUT2D eigenvalue weighted by Gasteiger charge is -2.20. The zero-order chi connectivity index (χ0) is 23.8. The first-order valence-electron chi connectivity index (χ1n) is 11.8. The standard InChI is InChI=1S/C28H30N4O2/c1-17-10-22(11-21-8-9-29-14-25(17)21)23-12-24-26(15-31-27(24)30-13-23)19-4-6-20(7-5-19)28(34)32(3)16-18(2)33/h4-7,10-13,15,18,29,33H,8-9,14,16H2,1-3H3,(H,30,31)/t18-/m0/s1. The Morgan fingerprint density at radius 2 is 1.94 bits per heavy atom. The van der Waals surface area contributed by atoms with E-state index in [-0.39, 0.29) is 5.91 Å². The number of aliphatic hydroxyl groups excluding tert-OH is 1. The van der Waals surface area contributed by atoms with Gasteiger partial charge < -0.3 is 20.3 Å². The molecule has 0 saturated heterocycles. The van der Waals surface area contributed by atoms with Gasteiger partial charge in [0.25, 0.3) is 5.91 Å². The SMILES string of the molecule is Cc1cc(-c2cnc3[nH]cc(-c4ccc(C(=O)N(C)C[C@H](C)O)cc4)c3c2)cc2c1CNCC2. The Balaban J connectivity index is 1.47. The van der Waals surface area contributed by atoms with E-state index in [1.54, 1.807) is 14.0 Å². The summed E-state index contributed by atoms with van der Waals surface area (Å²) < 4.78 is 0. The lowest BCUT2D eigenvalue weighted by Crippen LogP contribution is -2.32. The van der Waals surface area contributed by atoms with Crippen molar-refractivity contribution >= 4 is 16.9 Å². The molecule has 5 rings (SSSR count). The third-order valence-corrected chi connectivity index (χ3v) is 6.63. The van der Waals surface area contributed by atoms with E-state index < -0.39 is 6.10 Å². The van der Waals surface area contributed by atoms with Crippen molar-refractivity contribution in [2.24, 2.45) is 0 Å². The van der Waals surface area contributed by atoms with Crippen LogP contribution in [-0.4, -0.2) is 52.1 Å². The first-order valence-corrected chi connectivity index (χ1v) is 11.8. The molecule has 0 spiro atoms. The van der Waals surface area contributed by atoms with Crippen LogP contribution in [0.4, 0.5) is 0 Å². The molecular weight excluding hydrogens is 424 g/mol. The zero-order valence-corrected chi connectivity index (χ0v) is 19.9. The van der Waals surface area contributed by atoms with Gasteiger partial charge in [-0.1, -0.05) is 24.3 Å². The van der Waals surface area contributed by atoms with E-state index in [2.05, 4.69) is 40.4 Å². The molecule has 0 bridgehead atoms. The maximum Gasteiger partial charge on any atom is 0.253 e. The molecule has 4 aromatic rings. The number of carbonyl (C=O) groups excluding carboxylic acids is 1. The van der Waals surface area contributed by atoms with Gasteiger partial charge in [0.05, 0.1) is 6.10 Å². The van der Waals surface area contributed by atoms with Crippen molar-refractivity contribution in [1.29, 1.82) is 0 Å². The van der Waals surface area contributed by atoms with E-state index >= 15 is 0 Å². The Morgan fingerprint density at radius 3 is 2.71 bits per heavy atom. The normalized spacial score (nSPS) is 14.1. The molecule has 174 valence electrons. The van der Waals surface area contributed by atoms with Gasteiger partial charge in [-0.15, -0.1) is 0 Å². The number of fused-ring (bicyclic) bond motifs is 2. The van der Waals surface area contributed by atoms with Gasteiger partial charge in [-0.05, 0) is 72.8 Å². The number of hydrogen-bond acceptors (Lipinski definition) is 4. The summed E-state index contributed by atoms with van der Waals surface area (Å²) in [6, 6.07) is 14.4. The molecule has 6 nitrogen and oxygen atoms in total. The molecule has 34 heavy (non-hydrogen) atoms. The van der Waals surface area contributed by atoms with Gasteiger partial charge >= 0.3 is 0 Å². The number of carbonyl (C=O) groups is 1. The Labute approximate surface area is 199 Å². The topological polar surface area (TPSA) is 81.2 Å². The maximum atomic E-state index is 12.6. The molecule has 1 atom stereocenters. The second kappa shape index (κ2) is 9.05. The minimum atomic E-state index is -0.559. The van der Waals surface area contributed by atoms with Crippen LogP contribution in [0.2, 0.25) is 0 Å². The number of nitrogens with zero attached hydrogens (tertiary/aromatic N) is 2. The lowest BCUT2D eigenvalue weighted by atomic mass is 9.91. The fourth-order valence-electron chi connectivity index (χ4n) is 4.86. The molecule has 0 aliphatic carbocycles. The summed E-state index contributed by atoms with van der Waals surface area (Å²) in [6.07, 6.45) is 4.40. The molecule has 0 saturated carbocycles. The van der Waals surface area contributed by atoms with E-state index in [0.717, 1.165) is 47.2 Å². The van der Waals surface area contributed by atoms with Crippen LogP contribution in [0.15, 0.2) is 54.9 Å².